The minimum Gasteiger partial charge on any atom is -0.493 e. The second-order valence-corrected chi connectivity index (χ2v) is 3.95. The second-order valence-electron chi connectivity index (χ2n) is 3.95. The molecule has 3 nitrogen and oxygen atoms in total. The number of rotatable bonds is 5. The van der Waals surface area contributed by atoms with Crippen molar-refractivity contribution in [1.82, 2.24) is 5.32 Å². The minimum absolute atomic E-state index is 0.503. The normalized spacial score (nSPS) is 9.82. The molecule has 3 heteroatoms. The SMILES string of the molecule is CCOc1c(CNC)cccc1C(C)C.CN. The van der Waals surface area contributed by atoms with E-state index in [0.717, 1.165) is 18.9 Å². The molecular weight excluding hydrogens is 212 g/mol. The molecule has 0 aliphatic rings. The average Bonchev–Trinajstić information content (AvgIpc) is 2.34. The van der Waals surface area contributed by atoms with Gasteiger partial charge in [0.05, 0.1) is 6.61 Å². The van der Waals surface area contributed by atoms with Crippen molar-refractivity contribution in [3.63, 3.8) is 0 Å². The average molecular weight is 238 g/mol. The van der Waals surface area contributed by atoms with Crippen LogP contribution < -0.4 is 15.8 Å². The first-order chi connectivity index (χ1) is 8.20. The van der Waals surface area contributed by atoms with E-state index in [9.17, 15) is 0 Å². The van der Waals surface area contributed by atoms with Crippen LogP contribution in [0.3, 0.4) is 0 Å². The molecule has 0 heterocycles. The first-order valence-corrected chi connectivity index (χ1v) is 6.17. The van der Waals surface area contributed by atoms with Crippen molar-refractivity contribution in [2.45, 2.75) is 33.2 Å². The molecule has 0 unspecified atom stereocenters. The molecule has 1 aromatic carbocycles. The highest BCUT2D eigenvalue weighted by Gasteiger charge is 2.11. The summed E-state index contributed by atoms with van der Waals surface area (Å²) in [6, 6.07) is 6.37. The van der Waals surface area contributed by atoms with Crippen LogP contribution in [0.5, 0.6) is 5.75 Å². The highest BCUT2D eigenvalue weighted by molar-refractivity contribution is 5.43. The number of hydrogen-bond acceptors (Lipinski definition) is 3. The van der Waals surface area contributed by atoms with Gasteiger partial charge in [0.1, 0.15) is 5.75 Å². The van der Waals surface area contributed by atoms with Gasteiger partial charge < -0.3 is 15.8 Å². The molecule has 0 spiro atoms. The van der Waals surface area contributed by atoms with E-state index in [4.69, 9.17) is 4.74 Å². The Morgan fingerprint density at radius 2 is 1.94 bits per heavy atom. The lowest BCUT2D eigenvalue weighted by Crippen LogP contribution is -2.09. The summed E-state index contributed by atoms with van der Waals surface area (Å²) in [5, 5.41) is 3.17. The van der Waals surface area contributed by atoms with E-state index in [1.807, 2.05) is 14.0 Å². The van der Waals surface area contributed by atoms with Gasteiger partial charge in [-0.15, -0.1) is 0 Å². The smallest absolute Gasteiger partial charge is 0.127 e. The van der Waals surface area contributed by atoms with Crippen molar-refractivity contribution in [1.29, 1.82) is 0 Å². The van der Waals surface area contributed by atoms with Crippen molar-refractivity contribution in [3.8, 4) is 5.75 Å². The molecule has 98 valence electrons. The van der Waals surface area contributed by atoms with Crippen molar-refractivity contribution in [3.05, 3.63) is 29.3 Å². The molecule has 1 aromatic rings. The van der Waals surface area contributed by atoms with E-state index < -0.39 is 0 Å². The van der Waals surface area contributed by atoms with Crippen LogP contribution in [-0.4, -0.2) is 20.7 Å². The van der Waals surface area contributed by atoms with E-state index in [1.54, 1.807) is 0 Å². The summed E-state index contributed by atoms with van der Waals surface area (Å²) >= 11 is 0. The van der Waals surface area contributed by atoms with E-state index >= 15 is 0 Å². The van der Waals surface area contributed by atoms with Gasteiger partial charge in [-0.25, -0.2) is 0 Å². The third kappa shape index (κ3) is 4.75. The Hall–Kier alpha value is -1.06. The van der Waals surface area contributed by atoms with Crippen LogP contribution in [0.1, 0.15) is 37.8 Å². The highest BCUT2D eigenvalue weighted by atomic mass is 16.5. The molecule has 0 aliphatic heterocycles. The molecule has 0 fully saturated rings. The van der Waals surface area contributed by atoms with Gasteiger partial charge in [-0.1, -0.05) is 32.0 Å². The molecule has 0 aliphatic carbocycles. The standard InChI is InChI=1S/C13H21NO.CH5N/c1-5-15-13-11(9-14-4)7-6-8-12(13)10(2)3;1-2/h6-8,10,14H,5,9H2,1-4H3;2H2,1H3. The molecule has 0 atom stereocenters. The van der Waals surface area contributed by atoms with Crippen molar-refractivity contribution >= 4 is 0 Å². The van der Waals surface area contributed by atoms with Gasteiger partial charge in [-0.05, 0) is 32.5 Å². The third-order valence-electron chi connectivity index (χ3n) is 2.40. The number of ether oxygens (including phenoxy) is 1. The molecule has 0 aromatic heterocycles. The number of nitrogens with one attached hydrogen (secondary N) is 1. The van der Waals surface area contributed by atoms with Gasteiger partial charge in [0.25, 0.3) is 0 Å². The molecule has 0 radical (unpaired) electrons. The molecule has 1 rings (SSSR count). The Labute approximate surface area is 105 Å². The zero-order valence-corrected chi connectivity index (χ0v) is 11.7. The summed E-state index contributed by atoms with van der Waals surface area (Å²) < 4.78 is 5.74. The Morgan fingerprint density at radius 1 is 1.29 bits per heavy atom. The predicted octanol–water partition coefficient (Wildman–Crippen LogP) is 2.50. The van der Waals surface area contributed by atoms with Crippen LogP contribution in [0.15, 0.2) is 18.2 Å². The van der Waals surface area contributed by atoms with Crippen molar-refractivity contribution < 1.29 is 4.74 Å². The summed E-state index contributed by atoms with van der Waals surface area (Å²) in [6.45, 7) is 8.00. The number of nitrogens with two attached hydrogens (primary N) is 1. The topological polar surface area (TPSA) is 47.3 Å². The van der Waals surface area contributed by atoms with Crippen LogP contribution in [0.2, 0.25) is 0 Å². The summed E-state index contributed by atoms with van der Waals surface area (Å²) in [5.41, 5.74) is 7.04. The maximum atomic E-state index is 5.74. The number of benzene rings is 1. The third-order valence-corrected chi connectivity index (χ3v) is 2.40. The minimum atomic E-state index is 0.503. The fourth-order valence-corrected chi connectivity index (χ4v) is 1.71. The second kappa shape index (κ2) is 9.02. The molecule has 3 N–H and O–H groups in total. The van der Waals surface area contributed by atoms with E-state index in [2.05, 4.69) is 43.1 Å². The Bertz CT molecular complexity index is 311. The lowest BCUT2D eigenvalue weighted by Gasteiger charge is -2.17. The van der Waals surface area contributed by atoms with Gasteiger partial charge in [0.15, 0.2) is 0 Å². The predicted molar refractivity (Wildman–Crippen MR) is 74.6 cm³/mol. The first-order valence-electron chi connectivity index (χ1n) is 6.17. The van der Waals surface area contributed by atoms with E-state index in [1.165, 1.54) is 18.2 Å². The Morgan fingerprint density at radius 3 is 2.41 bits per heavy atom. The highest BCUT2D eigenvalue weighted by Crippen LogP contribution is 2.30. The van der Waals surface area contributed by atoms with Crippen LogP contribution in [0.25, 0.3) is 0 Å². The zero-order chi connectivity index (χ0) is 13.3. The first kappa shape index (κ1) is 15.9. The fourth-order valence-electron chi connectivity index (χ4n) is 1.71. The maximum Gasteiger partial charge on any atom is 0.127 e. The van der Waals surface area contributed by atoms with Crippen LogP contribution >= 0.6 is 0 Å². The van der Waals surface area contributed by atoms with E-state index in [-0.39, 0.29) is 0 Å². The summed E-state index contributed by atoms with van der Waals surface area (Å²) in [4.78, 5) is 0. The Kier molecular flexibility index (Phi) is 8.46. The summed E-state index contributed by atoms with van der Waals surface area (Å²) in [6.07, 6.45) is 0. The molecular formula is C14H26N2O. The molecule has 0 saturated carbocycles. The van der Waals surface area contributed by atoms with Gasteiger partial charge in [0, 0.05) is 12.1 Å². The Balaban J connectivity index is 0.00000121. The van der Waals surface area contributed by atoms with Gasteiger partial charge in [-0.3, -0.25) is 0 Å². The monoisotopic (exact) mass is 238 g/mol. The largest absolute Gasteiger partial charge is 0.493 e. The molecule has 0 amide bonds. The van der Waals surface area contributed by atoms with Crippen LogP contribution in [-0.2, 0) is 6.54 Å². The maximum absolute atomic E-state index is 5.74. The fraction of sp³-hybridized carbons (Fsp3) is 0.571. The van der Waals surface area contributed by atoms with Gasteiger partial charge in [0.2, 0.25) is 0 Å². The lowest BCUT2D eigenvalue weighted by atomic mass is 9.99. The summed E-state index contributed by atoms with van der Waals surface area (Å²) in [7, 11) is 3.46. The van der Waals surface area contributed by atoms with Crippen LogP contribution in [0, 0.1) is 0 Å². The number of hydrogen-bond donors (Lipinski definition) is 2. The van der Waals surface area contributed by atoms with Gasteiger partial charge in [-0.2, -0.15) is 0 Å². The molecule has 0 bridgehead atoms. The van der Waals surface area contributed by atoms with E-state index in [0.29, 0.717) is 5.92 Å². The molecule has 17 heavy (non-hydrogen) atoms. The van der Waals surface area contributed by atoms with Crippen LogP contribution in [0.4, 0.5) is 0 Å². The van der Waals surface area contributed by atoms with Crippen molar-refractivity contribution in [2.24, 2.45) is 5.73 Å². The lowest BCUT2D eigenvalue weighted by molar-refractivity contribution is 0.331. The van der Waals surface area contributed by atoms with Crippen molar-refractivity contribution in [2.75, 3.05) is 20.7 Å². The summed E-state index contributed by atoms with van der Waals surface area (Å²) in [5.74, 6) is 1.56. The zero-order valence-electron chi connectivity index (χ0n) is 11.7. The number of para-hydroxylation sites is 1. The van der Waals surface area contributed by atoms with Gasteiger partial charge >= 0.3 is 0 Å². The quantitative estimate of drug-likeness (QED) is 0.828. The molecule has 0 saturated heterocycles.